The van der Waals surface area contributed by atoms with Crippen LogP contribution in [-0.4, -0.2) is 71.7 Å². The van der Waals surface area contributed by atoms with Crippen LogP contribution in [0.2, 0.25) is 0 Å². The predicted molar refractivity (Wildman–Crippen MR) is 180 cm³/mol. The number of benzene rings is 3. The minimum Gasteiger partial charge on any atom is -0.489 e. The second-order valence-electron chi connectivity index (χ2n) is 12.0. The molecule has 1 aliphatic rings. The van der Waals surface area contributed by atoms with Gasteiger partial charge in [-0.25, -0.2) is 22.9 Å². The third-order valence-electron chi connectivity index (χ3n) is 8.11. The van der Waals surface area contributed by atoms with Crippen molar-refractivity contribution < 1.29 is 27.4 Å². The van der Waals surface area contributed by atoms with Gasteiger partial charge in [0, 0.05) is 50.7 Å². The van der Waals surface area contributed by atoms with Gasteiger partial charge in [0.05, 0.1) is 6.54 Å². The van der Waals surface area contributed by atoms with E-state index in [0.717, 1.165) is 68.0 Å². The quantitative estimate of drug-likeness (QED) is 0.171. The maximum absolute atomic E-state index is 15.0. The lowest BCUT2D eigenvalue weighted by Crippen LogP contribution is -2.47. The van der Waals surface area contributed by atoms with E-state index < -0.39 is 23.5 Å². The van der Waals surface area contributed by atoms with Crippen LogP contribution in [0, 0.1) is 38.2 Å². The summed E-state index contributed by atoms with van der Waals surface area (Å²) >= 11 is 0. The molecular weight excluding hydrogens is 621 g/mol. The molecule has 5 rings (SSSR count). The van der Waals surface area contributed by atoms with Crippen LogP contribution in [0.15, 0.2) is 60.8 Å². The Morgan fingerprint density at radius 1 is 0.875 bits per heavy atom. The first kappa shape index (κ1) is 34.6. The average molecular weight is 663 g/mol. The van der Waals surface area contributed by atoms with Crippen LogP contribution in [0.4, 0.5) is 35.4 Å². The molecular formula is C36H41F3N6O3. The molecule has 2 heterocycles. The van der Waals surface area contributed by atoms with E-state index in [1.165, 1.54) is 29.3 Å². The van der Waals surface area contributed by atoms with Crippen LogP contribution in [0.5, 0.6) is 11.5 Å². The second-order valence-corrected chi connectivity index (χ2v) is 12.0. The van der Waals surface area contributed by atoms with Crippen molar-refractivity contribution in [2.45, 2.75) is 40.7 Å². The molecule has 1 saturated heterocycles. The van der Waals surface area contributed by atoms with Gasteiger partial charge in [0.25, 0.3) is 0 Å². The van der Waals surface area contributed by atoms with E-state index in [1.807, 2.05) is 32.9 Å². The summed E-state index contributed by atoms with van der Waals surface area (Å²) in [6.45, 7) is 13.8. The number of nitrogens with zero attached hydrogens (tertiary/aromatic N) is 5. The number of halogens is 3. The van der Waals surface area contributed by atoms with E-state index >= 15 is 4.39 Å². The van der Waals surface area contributed by atoms with Gasteiger partial charge in [-0.2, -0.15) is 4.98 Å². The zero-order valence-electron chi connectivity index (χ0n) is 27.7. The van der Waals surface area contributed by atoms with Gasteiger partial charge in [-0.1, -0.05) is 30.7 Å². The van der Waals surface area contributed by atoms with Crippen molar-refractivity contribution in [1.29, 1.82) is 0 Å². The Hall–Kier alpha value is -4.68. The summed E-state index contributed by atoms with van der Waals surface area (Å²) in [5, 5.41) is 2.96. The van der Waals surface area contributed by atoms with Crippen LogP contribution in [0.25, 0.3) is 0 Å². The molecule has 1 fully saturated rings. The zero-order chi connectivity index (χ0) is 34.2. The summed E-state index contributed by atoms with van der Waals surface area (Å²) in [6, 6.07) is 13.1. The Bertz CT molecular complexity index is 1710. The van der Waals surface area contributed by atoms with E-state index in [0.29, 0.717) is 30.2 Å². The van der Waals surface area contributed by atoms with Crippen molar-refractivity contribution in [3.8, 4) is 11.5 Å². The highest BCUT2D eigenvalue weighted by atomic mass is 19.2. The minimum absolute atomic E-state index is 0.0774. The number of carbonyl (C=O) groups is 1. The van der Waals surface area contributed by atoms with E-state index in [2.05, 4.69) is 32.0 Å². The molecule has 3 aromatic carbocycles. The van der Waals surface area contributed by atoms with E-state index in [-0.39, 0.29) is 24.1 Å². The molecule has 1 aliphatic heterocycles. The van der Waals surface area contributed by atoms with Gasteiger partial charge in [0.2, 0.25) is 5.95 Å². The van der Waals surface area contributed by atoms with Gasteiger partial charge < -0.3 is 19.7 Å². The van der Waals surface area contributed by atoms with Gasteiger partial charge >= 0.3 is 6.09 Å². The Kier molecular flexibility index (Phi) is 11.5. The molecule has 0 aliphatic carbocycles. The first-order valence-corrected chi connectivity index (χ1v) is 16.1. The van der Waals surface area contributed by atoms with Crippen LogP contribution in [0.1, 0.15) is 35.6 Å². The number of carbonyl (C=O) groups excluding carboxylic acids is 1. The number of rotatable bonds is 12. The lowest BCUT2D eigenvalue weighted by molar-refractivity contribution is 0.116. The van der Waals surface area contributed by atoms with Crippen molar-refractivity contribution >= 4 is 23.5 Å². The molecule has 9 nitrogen and oxygen atoms in total. The fourth-order valence-corrected chi connectivity index (χ4v) is 5.75. The lowest BCUT2D eigenvalue weighted by atomic mass is 10.1. The molecule has 4 aromatic rings. The normalized spacial score (nSPS) is 13.7. The SMILES string of the molecule is CCCN1CCN(CCOc2ccc(Nc3nccc(N(Cc4ccc(F)c(F)c4)C(=O)Oc4c(C)cc(C)cc4C)n3)cc2F)CC1. The lowest BCUT2D eigenvalue weighted by Gasteiger charge is -2.34. The van der Waals surface area contributed by atoms with Crippen molar-refractivity contribution in [2.24, 2.45) is 0 Å². The summed E-state index contributed by atoms with van der Waals surface area (Å²) in [5.74, 6) is -1.86. The number of nitrogens with one attached hydrogen (secondary N) is 1. The number of ether oxygens (including phenoxy) is 2. The fraction of sp³-hybridized carbons (Fsp3) is 0.361. The number of anilines is 3. The van der Waals surface area contributed by atoms with E-state index in [4.69, 9.17) is 9.47 Å². The summed E-state index contributed by atoms with van der Waals surface area (Å²) in [7, 11) is 0. The molecule has 0 spiro atoms. The van der Waals surface area contributed by atoms with Crippen LogP contribution < -0.4 is 19.7 Å². The highest BCUT2D eigenvalue weighted by Crippen LogP contribution is 2.28. The Morgan fingerprint density at radius 3 is 2.25 bits per heavy atom. The van der Waals surface area contributed by atoms with Gasteiger partial charge in [-0.3, -0.25) is 9.80 Å². The summed E-state index contributed by atoms with van der Waals surface area (Å²) in [4.78, 5) is 28.3. The minimum atomic E-state index is -1.05. The van der Waals surface area contributed by atoms with Gasteiger partial charge in [0.15, 0.2) is 23.2 Å². The van der Waals surface area contributed by atoms with Crippen molar-refractivity contribution in [3.05, 3.63) is 100 Å². The molecule has 0 bridgehead atoms. The third kappa shape index (κ3) is 9.02. The van der Waals surface area contributed by atoms with Gasteiger partial charge in [-0.15, -0.1) is 0 Å². The Balaban J connectivity index is 1.28. The summed E-state index contributed by atoms with van der Waals surface area (Å²) < 4.78 is 54.3. The molecule has 0 radical (unpaired) electrons. The van der Waals surface area contributed by atoms with Crippen LogP contribution in [0.3, 0.4) is 0 Å². The number of amides is 1. The standard InChI is InChI=1S/C36H41F3N6O3/c1-5-12-43-13-15-44(16-14-43)17-18-47-32-9-7-28(22-31(32)39)41-35-40-11-10-33(42-35)45(23-27-6-8-29(37)30(38)21-27)36(46)48-34-25(3)19-24(2)20-26(34)4/h6-11,19-22H,5,12-18,23H2,1-4H3,(H,40,41,42). The molecule has 254 valence electrons. The molecule has 0 unspecified atom stereocenters. The number of hydrogen-bond donors (Lipinski definition) is 1. The highest BCUT2D eigenvalue weighted by Gasteiger charge is 2.23. The first-order chi connectivity index (χ1) is 23.1. The van der Waals surface area contributed by atoms with Crippen molar-refractivity contribution in [2.75, 3.05) is 56.1 Å². The largest absolute Gasteiger partial charge is 0.489 e. The fourth-order valence-electron chi connectivity index (χ4n) is 5.75. The van der Waals surface area contributed by atoms with E-state index in [9.17, 15) is 13.6 Å². The van der Waals surface area contributed by atoms with Crippen molar-refractivity contribution in [3.63, 3.8) is 0 Å². The van der Waals surface area contributed by atoms with Crippen LogP contribution >= 0.6 is 0 Å². The smallest absolute Gasteiger partial charge is 0.421 e. The molecule has 1 aromatic heterocycles. The Morgan fingerprint density at radius 2 is 1.58 bits per heavy atom. The topological polar surface area (TPSA) is 83.1 Å². The summed E-state index contributed by atoms with van der Waals surface area (Å²) in [5.41, 5.74) is 3.22. The van der Waals surface area contributed by atoms with Crippen molar-refractivity contribution in [1.82, 2.24) is 19.8 Å². The third-order valence-corrected chi connectivity index (χ3v) is 8.11. The molecule has 48 heavy (non-hydrogen) atoms. The number of hydrogen-bond acceptors (Lipinski definition) is 8. The highest BCUT2D eigenvalue weighted by molar-refractivity contribution is 5.88. The molecule has 1 N–H and O–H groups in total. The maximum Gasteiger partial charge on any atom is 0.421 e. The number of piperazine rings is 1. The number of aromatic nitrogens is 2. The maximum atomic E-state index is 15.0. The first-order valence-electron chi connectivity index (χ1n) is 16.1. The molecule has 12 heteroatoms. The predicted octanol–water partition coefficient (Wildman–Crippen LogP) is 7.17. The second kappa shape index (κ2) is 15.9. The number of aryl methyl sites for hydroxylation is 3. The summed E-state index contributed by atoms with van der Waals surface area (Å²) in [6.07, 6.45) is 1.79. The molecule has 0 saturated carbocycles. The Labute approximate surface area is 279 Å². The molecule has 0 atom stereocenters. The zero-order valence-corrected chi connectivity index (χ0v) is 27.7. The molecule has 1 amide bonds. The van der Waals surface area contributed by atoms with Gasteiger partial charge in [0.1, 0.15) is 18.2 Å². The average Bonchev–Trinajstić information content (AvgIpc) is 3.05. The van der Waals surface area contributed by atoms with E-state index in [1.54, 1.807) is 12.1 Å². The van der Waals surface area contributed by atoms with Gasteiger partial charge in [-0.05, 0) is 80.8 Å². The monoisotopic (exact) mass is 662 g/mol. The van der Waals surface area contributed by atoms with Crippen LogP contribution in [-0.2, 0) is 6.54 Å².